The second kappa shape index (κ2) is 7.93. The maximum atomic E-state index is 14.0. The van der Waals surface area contributed by atoms with Gasteiger partial charge in [0.15, 0.2) is 11.2 Å². The van der Waals surface area contributed by atoms with E-state index in [1.807, 2.05) is 83.8 Å². The number of fused-ring (bicyclic) bond motifs is 3. The number of halogens is 1. The topological polar surface area (TPSA) is 67.9 Å². The van der Waals surface area contributed by atoms with Gasteiger partial charge in [-0.2, -0.15) is 10.5 Å². The molecule has 0 aromatic heterocycles. The van der Waals surface area contributed by atoms with Crippen LogP contribution in [0.5, 0.6) is 0 Å². The van der Waals surface area contributed by atoms with Crippen LogP contribution in [0.1, 0.15) is 27.4 Å². The molecule has 0 aliphatic carbocycles. The fourth-order valence-electron chi connectivity index (χ4n) is 5.08. The molecular formula is C27H18IN3O. The van der Waals surface area contributed by atoms with E-state index in [1.54, 1.807) is 12.1 Å². The van der Waals surface area contributed by atoms with Crippen molar-refractivity contribution in [2.45, 2.75) is 18.0 Å². The highest BCUT2D eigenvalue weighted by Crippen LogP contribution is 2.55. The molecule has 0 saturated carbocycles. The number of carbonyl (C=O) groups is 1. The first-order valence-corrected chi connectivity index (χ1v) is 11.4. The summed E-state index contributed by atoms with van der Waals surface area (Å²) in [7, 11) is 0. The molecule has 4 nitrogen and oxygen atoms in total. The van der Waals surface area contributed by atoms with Crippen molar-refractivity contribution in [2.24, 2.45) is 5.41 Å². The third-order valence-electron chi connectivity index (χ3n) is 6.45. The first-order valence-electron chi connectivity index (χ1n) is 10.3. The molecule has 154 valence electrons. The van der Waals surface area contributed by atoms with Crippen molar-refractivity contribution in [1.82, 2.24) is 0 Å². The first-order chi connectivity index (χ1) is 15.6. The highest BCUT2D eigenvalue weighted by atomic mass is 127. The van der Waals surface area contributed by atoms with Gasteiger partial charge in [0.2, 0.25) is 0 Å². The Morgan fingerprint density at radius 3 is 2.38 bits per heavy atom. The van der Waals surface area contributed by atoms with Crippen LogP contribution in [0.4, 0.5) is 5.69 Å². The van der Waals surface area contributed by atoms with Crippen LogP contribution < -0.4 is 4.90 Å². The van der Waals surface area contributed by atoms with Crippen LogP contribution in [0.3, 0.4) is 0 Å². The van der Waals surface area contributed by atoms with Gasteiger partial charge in [-0.05, 0) is 51.9 Å². The molecular weight excluding hydrogens is 509 g/mol. The van der Waals surface area contributed by atoms with Crippen molar-refractivity contribution in [2.75, 3.05) is 4.90 Å². The SMILES string of the molecule is N#CC1(C#N)[C@@H](c2cccc(I)c2)[C@@H](C(=O)c2ccccc2)N2c3ccccc3C=C[C@@H]21. The molecule has 0 bridgehead atoms. The van der Waals surface area contributed by atoms with E-state index in [-0.39, 0.29) is 5.78 Å². The normalized spacial score (nSPS) is 22.3. The molecule has 2 aliphatic heterocycles. The lowest BCUT2D eigenvalue weighted by molar-refractivity contribution is 0.0951. The van der Waals surface area contributed by atoms with E-state index in [0.717, 1.165) is 20.4 Å². The molecule has 0 spiro atoms. The van der Waals surface area contributed by atoms with Gasteiger partial charge in [-0.15, -0.1) is 0 Å². The van der Waals surface area contributed by atoms with E-state index in [9.17, 15) is 15.3 Å². The molecule has 2 heterocycles. The van der Waals surface area contributed by atoms with Gasteiger partial charge in [-0.1, -0.05) is 72.8 Å². The number of rotatable bonds is 3. The van der Waals surface area contributed by atoms with E-state index >= 15 is 0 Å². The average molecular weight is 527 g/mol. The van der Waals surface area contributed by atoms with Crippen molar-refractivity contribution in [3.8, 4) is 12.1 Å². The number of nitrogens with zero attached hydrogens (tertiary/aromatic N) is 3. The minimum absolute atomic E-state index is 0.0862. The van der Waals surface area contributed by atoms with Crippen LogP contribution >= 0.6 is 22.6 Å². The molecule has 0 N–H and O–H groups in total. The second-order valence-corrected chi connectivity index (χ2v) is 9.32. The quantitative estimate of drug-likeness (QED) is 0.330. The summed E-state index contributed by atoms with van der Waals surface area (Å²) in [5.41, 5.74) is 1.84. The van der Waals surface area contributed by atoms with E-state index < -0.39 is 23.4 Å². The molecule has 32 heavy (non-hydrogen) atoms. The zero-order chi connectivity index (χ0) is 22.3. The molecule has 3 atom stereocenters. The minimum Gasteiger partial charge on any atom is -0.351 e. The van der Waals surface area contributed by atoms with Gasteiger partial charge in [-0.25, -0.2) is 0 Å². The Labute approximate surface area is 200 Å². The Balaban J connectivity index is 1.80. The fraction of sp³-hybridized carbons (Fsp3) is 0.148. The van der Waals surface area contributed by atoms with E-state index in [2.05, 4.69) is 34.7 Å². The van der Waals surface area contributed by atoms with Crippen LogP contribution in [0.15, 0.2) is 84.9 Å². The predicted molar refractivity (Wildman–Crippen MR) is 132 cm³/mol. The van der Waals surface area contributed by atoms with Crippen molar-refractivity contribution in [3.63, 3.8) is 0 Å². The second-order valence-electron chi connectivity index (χ2n) is 8.07. The van der Waals surface area contributed by atoms with Crippen molar-refractivity contribution < 1.29 is 4.79 Å². The Morgan fingerprint density at radius 1 is 0.938 bits per heavy atom. The number of nitriles is 2. The van der Waals surface area contributed by atoms with E-state index in [1.165, 1.54) is 0 Å². The van der Waals surface area contributed by atoms with Gasteiger partial charge in [0.25, 0.3) is 0 Å². The standard InChI is InChI=1S/C27H18IN3O/c28-21-11-6-10-20(15-21)24-25(26(32)19-8-2-1-3-9-19)31-22-12-5-4-7-18(22)13-14-23(31)27(24,16-29)17-30/h1-15,23-25H/t23-,24+,25+/m1/s1. The lowest BCUT2D eigenvalue weighted by atomic mass is 9.69. The van der Waals surface area contributed by atoms with Gasteiger partial charge in [0.05, 0.1) is 18.2 Å². The monoisotopic (exact) mass is 527 g/mol. The molecule has 3 aromatic rings. The summed E-state index contributed by atoms with van der Waals surface area (Å²) < 4.78 is 0.997. The van der Waals surface area contributed by atoms with Crippen molar-refractivity contribution in [3.05, 3.63) is 105 Å². The summed E-state index contributed by atoms with van der Waals surface area (Å²) >= 11 is 2.23. The molecule has 1 saturated heterocycles. The molecule has 3 aromatic carbocycles. The summed E-state index contributed by atoms with van der Waals surface area (Å²) in [5.74, 6) is -0.697. The number of Topliss-reactive ketones (excluding diaryl/α,β-unsaturated/α-hetero) is 1. The van der Waals surface area contributed by atoms with Gasteiger partial charge in [-0.3, -0.25) is 4.79 Å². The fourth-order valence-corrected chi connectivity index (χ4v) is 5.65. The van der Waals surface area contributed by atoms with Crippen LogP contribution in [-0.4, -0.2) is 17.9 Å². The maximum Gasteiger partial charge on any atom is 0.185 e. The summed E-state index contributed by atoms with van der Waals surface area (Å²) in [6.07, 6.45) is 3.87. The molecule has 0 unspecified atom stereocenters. The van der Waals surface area contributed by atoms with Gasteiger partial charge in [0.1, 0.15) is 6.04 Å². The molecule has 5 rings (SSSR count). The van der Waals surface area contributed by atoms with E-state index in [4.69, 9.17) is 0 Å². The highest BCUT2D eigenvalue weighted by Gasteiger charge is 2.63. The smallest absolute Gasteiger partial charge is 0.185 e. The Hall–Kier alpha value is -3.42. The van der Waals surface area contributed by atoms with Gasteiger partial charge in [0, 0.05) is 20.7 Å². The van der Waals surface area contributed by atoms with Gasteiger partial charge >= 0.3 is 0 Å². The lowest BCUT2D eigenvalue weighted by Gasteiger charge is -2.35. The summed E-state index contributed by atoms with van der Waals surface area (Å²) in [5, 5.41) is 20.9. The van der Waals surface area contributed by atoms with Crippen molar-refractivity contribution in [1.29, 1.82) is 10.5 Å². The number of para-hydroxylation sites is 1. The molecule has 0 radical (unpaired) electrons. The van der Waals surface area contributed by atoms with Crippen LogP contribution in [0.25, 0.3) is 6.08 Å². The largest absolute Gasteiger partial charge is 0.351 e. The van der Waals surface area contributed by atoms with Crippen molar-refractivity contribution >= 4 is 40.1 Å². The zero-order valence-electron chi connectivity index (χ0n) is 17.0. The highest BCUT2D eigenvalue weighted by molar-refractivity contribution is 14.1. The lowest BCUT2D eigenvalue weighted by Crippen LogP contribution is -2.44. The molecule has 0 amide bonds. The number of benzene rings is 3. The minimum atomic E-state index is -1.41. The summed E-state index contributed by atoms with van der Waals surface area (Å²) in [6.45, 7) is 0. The zero-order valence-corrected chi connectivity index (χ0v) is 19.2. The Bertz CT molecular complexity index is 1300. The first kappa shape index (κ1) is 20.5. The Kier molecular flexibility index (Phi) is 5.07. The molecule has 5 heteroatoms. The average Bonchev–Trinajstić information content (AvgIpc) is 3.15. The number of hydrogen-bond acceptors (Lipinski definition) is 4. The molecule has 1 fully saturated rings. The predicted octanol–water partition coefficient (Wildman–Crippen LogP) is 5.58. The number of anilines is 1. The van der Waals surface area contributed by atoms with Crippen LogP contribution in [0, 0.1) is 31.6 Å². The Morgan fingerprint density at radius 2 is 1.66 bits per heavy atom. The maximum absolute atomic E-state index is 14.0. The number of hydrogen-bond donors (Lipinski definition) is 0. The van der Waals surface area contributed by atoms with Crippen LogP contribution in [-0.2, 0) is 0 Å². The molecule has 2 aliphatic rings. The summed E-state index contributed by atoms with van der Waals surface area (Å²) in [4.78, 5) is 16.0. The van der Waals surface area contributed by atoms with Gasteiger partial charge < -0.3 is 4.90 Å². The van der Waals surface area contributed by atoms with E-state index in [0.29, 0.717) is 5.56 Å². The third-order valence-corrected chi connectivity index (χ3v) is 7.12. The van der Waals surface area contributed by atoms with Crippen LogP contribution in [0.2, 0.25) is 0 Å². The number of carbonyl (C=O) groups excluding carboxylic acids is 1. The third kappa shape index (κ3) is 2.97. The number of ketones is 1. The summed E-state index contributed by atoms with van der Waals surface area (Å²) in [6, 6.07) is 28.3.